The highest BCUT2D eigenvalue weighted by atomic mass is 16.7. The zero-order valence-corrected chi connectivity index (χ0v) is 19.7. The molecule has 3 heterocycles. The van der Waals surface area contributed by atoms with Crippen LogP contribution in [0.3, 0.4) is 0 Å². The Kier molecular flexibility index (Phi) is 5.77. The molecule has 3 fully saturated rings. The van der Waals surface area contributed by atoms with Crippen LogP contribution in [-0.4, -0.2) is 38.8 Å². The normalized spacial score (nSPS) is 24.9. The van der Waals surface area contributed by atoms with Crippen molar-refractivity contribution in [2.45, 2.75) is 31.3 Å². The largest absolute Gasteiger partial charge is 0.406 e. The van der Waals surface area contributed by atoms with E-state index in [0.717, 1.165) is 24.9 Å². The van der Waals surface area contributed by atoms with Gasteiger partial charge in [0.15, 0.2) is 5.76 Å². The van der Waals surface area contributed by atoms with Crippen LogP contribution in [0.2, 0.25) is 0 Å². The fourth-order valence-electron chi connectivity index (χ4n) is 5.00. The predicted molar refractivity (Wildman–Crippen MR) is 135 cm³/mol. The smallest absolute Gasteiger partial charge is 0.354 e. The second-order valence-electron chi connectivity index (χ2n) is 9.35. The number of nitrogens with one attached hydrogen (secondary N) is 1. The number of nitrogens with zero attached hydrogens (tertiary/aromatic N) is 4. The highest BCUT2D eigenvalue weighted by Gasteiger charge is 2.64. The van der Waals surface area contributed by atoms with Gasteiger partial charge in [-0.3, -0.25) is 0 Å². The molecule has 1 N–H and O–H groups in total. The van der Waals surface area contributed by atoms with Gasteiger partial charge < -0.3 is 19.5 Å². The van der Waals surface area contributed by atoms with E-state index in [1.807, 2.05) is 97.1 Å². The summed E-state index contributed by atoms with van der Waals surface area (Å²) in [5.41, 5.74) is 0.827. The highest BCUT2D eigenvalue weighted by Crippen LogP contribution is 2.62. The molecule has 8 nitrogen and oxygen atoms in total. The molecular weight excluding hydrogens is 454 g/mol. The predicted octanol–water partition coefficient (Wildman–Crippen LogP) is 5.77. The number of carbonyl (C=O) groups is 1. The fraction of sp³-hybridized carbons (Fsp3) is 0.250. The van der Waals surface area contributed by atoms with Gasteiger partial charge in [-0.2, -0.15) is 5.06 Å². The molecule has 2 atom stereocenters. The van der Waals surface area contributed by atoms with Gasteiger partial charge in [-0.05, 0) is 49.0 Å². The van der Waals surface area contributed by atoms with Crippen LogP contribution in [0.1, 0.15) is 31.2 Å². The first-order valence-electron chi connectivity index (χ1n) is 12.2. The topological polar surface area (TPSA) is 83.7 Å². The summed E-state index contributed by atoms with van der Waals surface area (Å²) in [5.74, 6) is 1.07. The molecule has 36 heavy (non-hydrogen) atoms. The maximum Gasteiger partial charge on any atom is 0.354 e. The molecule has 182 valence electrons. The molecule has 2 saturated heterocycles. The van der Waals surface area contributed by atoms with E-state index in [0.29, 0.717) is 24.2 Å². The lowest BCUT2D eigenvalue weighted by molar-refractivity contribution is -0.101. The SMILES string of the molecule is O=C1N2CC(N1OC1=C/C=C\C=C/C=C1)C1(CC1)CC2c1nnc(Nc2ccccccccc2)o1. The first-order chi connectivity index (χ1) is 17.7. The summed E-state index contributed by atoms with van der Waals surface area (Å²) < 4.78 is 6.03. The van der Waals surface area contributed by atoms with Crippen molar-refractivity contribution in [1.82, 2.24) is 20.2 Å². The van der Waals surface area contributed by atoms with Crippen LogP contribution < -0.4 is 5.32 Å². The molecule has 2 amide bonds. The molecule has 4 aliphatic rings. The molecule has 0 radical (unpaired) electrons. The molecule has 1 aromatic heterocycles. The molecule has 2 aromatic rings. The van der Waals surface area contributed by atoms with Gasteiger partial charge in [0.2, 0.25) is 5.89 Å². The quantitative estimate of drug-likeness (QED) is 0.584. The van der Waals surface area contributed by atoms with Crippen LogP contribution in [-0.2, 0) is 4.84 Å². The van der Waals surface area contributed by atoms with E-state index in [9.17, 15) is 4.79 Å². The zero-order chi connectivity index (χ0) is 24.4. The van der Waals surface area contributed by atoms with Crippen molar-refractivity contribution in [2.75, 3.05) is 11.9 Å². The standard InChI is InChI=1S/C28H27N5O3/c34-27-32-20-24(33(27)36-22-15-11-7-4-8-12-16-22)28(17-18-28)19-23(32)25-30-31-26(35-25)29-21-13-9-5-2-1-3-6-10-14-21/h1-16,23-24H,17-20H2,(H,29,31)/b2-1?,3-1?,5-2?,6-3?,7-4-,8-4?,9-5?,10-6?,11-7?,12-8-,13-9?,14-10?,15-11?,16-12?,21-13?,21-14?,22-15?,22-16?. The summed E-state index contributed by atoms with van der Waals surface area (Å²) in [6.45, 7) is 0.583. The molecule has 2 aliphatic carbocycles. The minimum atomic E-state index is -0.279. The highest BCUT2D eigenvalue weighted by molar-refractivity contribution is 5.77. The van der Waals surface area contributed by atoms with Crippen molar-refractivity contribution in [3.8, 4) is 0 Å². The number of amides is 2. The number of piperidine rings is 1. The second kappa shape index (κ2) is 9.37. The molecule has 8 heteroatoms. The number of hydrogen-bond donors (Lipinski definition) is 1. The van der Waals surface area contributed by atoms with Gasteiger partial charge in [-0.15, -0.1) is 5.10 Å². The number of carbonyl (C=O) groups excluding carboxylic acids is 1. The zero-order valence-electron chi connectivity index (χ0n) is 19.7. The van der Waals surface area contributed by atoms with E-state index in [2.05, 4.69) is 15.5 Å². The summed E-state index contributed by atoms with van der Waals surface area (Å²) >= 11 is 0. The lowest BCUT2D eigenvalue weighted by Crippen LogP contribution is -2.42. The van der Waals surface area contributed by atoms with Gasteiger partial charge >= 0.3 is 12.0 Å². The Morgan fingerprint density at radius 1 is 0.944 bits per heavy atom. The molecule has 1 saturated carbocycles. The molecular formula is C28H27N5O3. The Balaban J connectivity index is 1.22. The minimum absolute atomic E-state index is 0.00755. The molecule has 1 spiro atoms. The second-order valence-corrected chi connectivity index (χ2v) is 9.35. The van der Waals surface area contributed by atoms with E-state index < -0.39 is 0 Å². The van der Waals surface area contributed by atoms with Crippen LogP contribution in [0, 0.1) is 5.41 Å². The molecule has 2 bridgehead atoms. The summed E-state index contributed by atoms with van der Waals surface area (Å²) in [4.78, 5) is 21.4. The van der Waals surface area contributed by atoms with Crippen LogP contribution in [0.4, 0.5) is 16.5 Å². The molecule has 2 aliphatic heterocycles. The molecule has 1 aromatic carbocycles. The number of hydroxylamine groups is 2. The Hall–Kier alpha value is -4.33. The average molecular weight is 482 g/mol. The van der Waals surface area contributed by atoms with Crippen molar-refractivity contribution in [1.29, 1.82) is 0 Å². The van der Waals surface area contributed by atoms with Crippen molar-refractivity contribution in [2.24, 2.45) is 5.41 Å². The Bertz CT molecular complexity index is 1300. The number of urea groups is 1. The van der Waals surface area contributed by atoms with Gasteiger partial charge in [0.25, 0.3) is 0 Å². The molecule has 6 rings (SSSR count). The summed E-state index contributed by atoms with van der Waals surface area (Å²) in [5, 5.41) is 13.3. The van der Waals surface area contributed by atoms with Crippen LogP contribution in [0.25, 0.3) is 0 Å². The van der Waals surface area contributed by atoms with Crippen molar-refractivity contribution < 1.29 is 14.0 Å². The summed E-state index contributed by atoms with van der Waals surface area (Å²) in [6.07, 6.45) is 16.2. The van der Waals surface area contributed by atoms with Crippen molar-refractivity contribution >= 4 is 17.7 Å². The number of allylic oxidation sites excluding steroid dienone is 7. The third kappa shape index (κ3) is 4.37. The van der Waals surface area contributed by atoms with E-state index in [1.165, 1.54) is 0 Å². The Morgan fingerprint density at radius 2 is 1.67 bits per heavy atom. The van der Waals surface area contributed by atoms with Crippen LogP contribution in [0.5, 0.6) is 0 Å². The maximum atomic E-state index is 13.5. The van der Waals surface area contributed by atoms with Crippen LogP contribution in [0.15, 0.2) is 107 Å². The lowest BCUT2D eigenvalue weighted by atomic mass is 9.85. The third-order valence-electron chi connectivity index (χ3n) is 7.03. The number of hydrogen-bond acceptors (Lipinski definition) is 6. The minimum Gasteiger partial charge on any atom is -0.406 e. The van der Waals surface area contributed by atoms with Gasteiger partial charge in [-0.25, -0.2) is 4.79 Å². The van der Waals surface area contributed by atoms with Crippen molar-refractivity contribution in [3.05, 3.63) is 109 Å². The first kappa shape index (κ1) is 22.2. The number of anilines is 2. The van der Waals surface area contributed by atoms with Gasteiger partial charge in [0, 0.05) is 12.2 Å². The number of fused-ring (bicyclic) bond motifs is 3. The Labute approximate surface area is 209 Å². The van der Waals surface area contributed by atoms with Gasteiger partial charge in [-0.1, -0.05) is 77.9 Å². The Morgan fingerprint density at radius 3 is 2.44 bits per heavy atom. The lowest BCUT2D eigenvalue weighted by Gasteiger charge is -2.34. The van der Waals surface area contributed by atoms with E-state index >= 15 is 0 Å². The van der Waals surface area contributed by atoms with Gasteiger partial charge in [0.1, 0.15) is 6.04 Å². The van der Waals surface area contributed by atoms with Crippen molar-refractivity contribution in [3.63, 3.8) is 0 Å². The van der Waals surface area contributed by atoms with E-state index in [-0.39, 0.29) is 23.5 Å². The fourth-order valence-corrected chi connectivity index (χ4v) is 5.00. The van der Waals surface area contributed by atoms with Gasteiger partial charge in [0.05, 0.1) is 6.04 Å². The first-order valence-corrected chi connectivity index (χ1v) is 12.2. The molecule has 2 unspecified atom stereocenters. The average Bonchev–Trinajstić information content (AvgIpc) is 3.37. The number of rotatable bonds is 5. The van der Waals surface area contributed by atoms with Crippen LogP contribution >= 0.6 is 0 Å². The summed E-state index contributed by atoms with van der Waals surface area (Å²) in [7, 11) is 0. The number of aromatic nitrogens is 2. The van der Waals surface area contributed by atoms with E-state index in [4.69, 9.17) is 9.25 Å². The monoisotopic (exact) mass is 481 g/mol. The van der Waals surface area contributed by atoms with E-state index in [1.54, 1.807) is 9.96 Å². The summed E-state index contributed by atoms with van der Waals surface area (Å²) in [6, 6.07) is 17.3. The maximum absolute atomic E-state index is 13.5. The third-order valence-corrected chi connectivity index (χ3v) is 7.03.